The molecule has 78 valence electrons. The summed E-state index contributed by atoms with van der Waals surface area (Å²) >= 11 is 6.13. The lowest BCUT2D eigenvalue weighted by Crippen LogP contribution is -2.07. The van der Waals surface area contributed by atoms with Crippen molar-refractivity contribution < 1.29 is 0 Å². The maximum Gasteiger partial charge on any atom is 0.0647 e. The molecular weight excluding hydrogens is 208 g/mol. The Hall–Kier alpha value is -0.990. The van der Waals surface area contributed by atoms with Crippen molar-refractivity contribution in [2.24, 2.45) is 0 Å². The van der Waals surface area contributed by atoms with Crippen molar-refractivity contribution in [3.63, 3.8) is 0 Å². The summed E-state index contributed by atoms with van der Waals surface area (Å²) in [5.41, 5.74) is 2.47. The molecule has 1 unspecified atom stereocenters. The normalized spacial score (nSPS) is 21.3. The Morgan fingerprint density at radius 1 is 1.33 bits per heavy atom. The van der Waals surface area contributed by atoms with Crippen LogP contribution in [0.4, 0.5) is 0 Å². The number of hydrogen-bond donors (Lipinski definition) is 2. The lowest BCUT2D eigenvalue weighted by Gasteiger charge is -2.06. The van der Waals surface area contributed by atoms with Crippen LogP contribution in [0, 0.1) is 0 Å². The van der Waals surface area contributed by atoms with E-state index in [1.165, 1.54) is 17.4 Å². The van der Waals surface area contributed by atoms with Gasteiger partial charge in [0, 0.05) is 18.1 Å². The van der Waals surface area contributed by atoms with Crippen LogP contribution in [-0.2, 0) is 0 Å². The van der Waals surface area contributed by atoms with E-state index in [-0.39, 0.29) is 0 Å². The summed E-state index contributed by atoms with van der Waals surface area (Å²) in [4.78, 5) is 3.27. The van der Waals surface area contributed by atoms with Gasteiger partial charge in [-0.05, 0) is 30.5 Å². The second-order valence-corrected chi connectivity index (χ2v) is 4.50. The first-order valence-corrected chi connectivity index (χ1v) is 5.70. The summed E-state index contributed by atoms with van der Waals surface area (Å²) in [6, 6.07) is 6.09. The molecule has 1 atom stereocenters. The highest BCUT2D eigenvalue weighted by Gasteiger charge is 2.19. The molecule has 0 radical (unpaired) electrons. The molecule has 1 saturated heterocycles. The van der Waals surface area contributed by atoms with E-state index < -0.39 is 0 Å². The SMILES string of the molecule is Clc1cccc2c(C3CCNC3)c[nH]c12. The van der Waals surface area contributed by atoms with Crippen molar-refractivity contribution in [1.82, 2.24) is 10.3 Å². The van der Waals surface area contributed by atoms with Crippen molar-refractivity contribution in [2.75, 3.05) is 13.1 Å². The maximum atomic E-state index is 6.13. The van der Waals surface area contributed by atoms with Crippen LogP contribution in [0.3, 0.4) is 0 Å². The molecule has 0 saturated carbocycles. The number of aromatic nitrogens is 1. The lowest BCUT2D eigenvalue weighted by molar-refractivity contribution is 0.769. The van der Waals surface area contributed by atoms with Gasteiger partial charge in [-0.25, -0.2) is 0 Å². The highest BCUT2D eigenvalue weighted by molar-refractivity contribution is 6.35. The molecule has 3 heteroatoms. The van der Waals surface area contributed by atoms with E-state index >= 15 is 0 Å². The van der Waals surface area contributed by atoms with Gasteiger partial charge in [-0.15, -0.1) is 0 Å². The zero-order valence-electron chi connectivity index (χ0n) is 8.39. The van der Waals surface area contributed by atoms with Crippen LogP contribution >= 0.6 is 11.6 Å². The highest BCUT2D eigenvalue weighted by atomic mass is 35.5. The molecule has 3 rings (SSSR count). The average Bonchev–Trinajstić information content (AvgIpc) is 2.85. The van der Waals surface area contributed by atoms with Gasteiger partial charge in [-0.1, -0.05) is 23.7 Å². The Labute approximate surface area is 93.6 Å². The van der Waals surface area contributed by atoms with Crippen molar-refractivity contribution in [3.05, 3.63) is 35.0 Å². The third kappa shape index (κ3) is 1.45. The van der Waals surface area contributed by atoms with E-state index in [4.69, 9.17) is 11.6 Å². The molecule has 2 aromatic rings. The summed E-state index contributed by atoms with van der Waals surface area (Å²) in [7, 11) is 0. The quantitative estimate of drug-likeness (QED) is 0.760. The fraction of sp³-hybridized carbons (Fsp3) is 0.333. The molecule has 1 aromatic heterocycles. The standard InChI is InChI=1S/C12H13ClN2/c13-11-3-1-2-9-10(7-15-12(9)11)8-4-5-14-6-8/h1-3,7-8,14-15H,4-6H2. The van der Waals surface area contributed by atoms with E-state index in [1.54, 1.807) is 0 Å². The van der Waals surface area contributed by atoms with Crippen LogP contribution in [0.15, 0.2) is 24.4 Å². The molecule has 2 nitrogen and oxygen atoms in total. The Morgan fingerprint density at radius 2 is 2.27 bits per heavy atom. The third-order valence-corrected chi connectivity index (χ3v) is 3.51. The molecule has 0 spiro atoms. The van der Waals surface area contributed by atoms with E-state index in [1.807, 2.05) is 12.1 Å². The summed E-state index contributed by atoms with van der Waals surface area (Å²) < 4.78 is 0. The molecule has 0 aliphatic carbocycles. The van der Waals surface area contributed by atoms with E-state index in [0.717, 1.165) is 23.6 Å². The molecule has 1 aromatic carbocycles. The van der Waals surface area contributed by atoms with Gasteiger partial charge in [-0.2, -0.15) is 0 Å². The predicted molar refractivity (Wildman–Crippen MR) is 63.5 cm³/mol. The Morgan fingerprint density at radius 3 is 3.07 bits per heavy atom. The zero-order valence-corrected chi connectivity index (χ0v) is 9.14. The molecule has 1 aliphatic rings. The third-order valence-electron chi connectivity index (χ3n) is 3.20. The molecule has 15 heavy (non-hydrogen) atoms. The van der Waals surface area contributed by atoms with Gasteiger partial charge in [0.25, 0.3) is 0 Å². The van der Waals surface area contributed by atoms with Crippen LogP contribution in [-0.4, -0.2) is 18.1 Å². The number of para-hydroxylation sites is 1. The molecule has 1 aliphatic heterocycles. The van der Waals surface area contributed by atoms with Crippen LogP contribution in [0.1, 0.15) is 17.9 Å². The Balaban J connectivity index is 2.15. The van der Waals surface area contributed by atoms with Crippen LogP contribution < -0.4 is 5.32 Å². The largest absolute Gasteiger partial charge is 0.360 e. The summed E-state index contributed by atoms with van der Waals surface area (Å²) in [6.45, 7) is 2.21. The van der Waals surface area contributed by atoms with Crippen molar-refractivity contribution >= 4 is 22.5 Å². The minimum atomic E-state index is 0.636. The van der Waals surface area contributed by atoms with Gasteiger partial charge in [0.2, 0.25) is 0 Å². The van der Waals surface area contributed by atoms with Crippen LogP contribution in [0.25, 0.3) is 10.9 Å². The van der Waals surface area contributed by atoms with Gasteiger partial charge in [0.1, 0.15) is 0 Å². The predicted octanol–water partition coefficient (Wildman–Crippen LogP) is 2.90. The van der Waals surface area contributed by atoms with Gasteiger partial charge < -0.3 is 10.3 Å². The van der Waals surface area contributed by atoms with E-state index in [2.05, 4.69) is 22.6 Å². The molecule has 1 fully saturated rings. The topological polar surface area (TPSA) is 27.8 Å². The fourth-order valence-electron chi connectivity index (χ4n) is 2.40. The number of nitrogens with one attached hydrogen (secondary N) is 2. The number of halogens is 1. The van der Waals surface area contributed by atoms with Crippen LogP contribution in [0.5, 0.6) is 0 Å². The number of rotatable bonds is 1. The Bertz CT molecular complexity index is 483. The minimum Gasteiger partial charge on any atom is -0.360 e. The average molecular weight is 221 g/mol. The van der Waals surface area contributed by atoms with Gasteiger partial charge in [0.05, 0.1) is 10.5 Å². The highest BCUT2D eigenvalue weighted by Crippen LogP contribution is 2.32. The second-order valence-electron chi connectivity index (χ2n) is 4.10. The monoisotopic (exact) mass is 220 g/mol. The summed E-state index contributed by atoms with van der Waals surface area (Å²) in [5, 5.41) is 5.48. The van der Waals surface area contributed by atoms with Crippen molar-refractivity contribution in [1.29, 1.82) is 0 Å². The molecular formula is C12H13ClN2. The first-order chi connectivity index (χ1) is 7.36. The van der Waals surface area contributed by atoms with Gasteiger partial charge in [0.15, 0.2) is 0 Å². The van der Waals surface area contributed by atoms with Crippen molar-refractivity contribution in [3.8, 4) is 0 Å². The van der Waals surface area contributed by atoms with Crippen LogP contribution in [0.2, 0.25) is 5.02 Å². The van der Waals surface area contributed by atoms with Gasteiger partial charge >= 0.3 is 0 Å². The smallest absolute Gasteiger partial charge is 0.0647 e. The minimum absolute atomic E-state index is 0.636. The number of H-pyrrole nitrogens is 1. The molecule has 2 heterocycles. The first-order valence-electron chi connectivity index (χ1n) is 5.32. The van der Waals surface area contributed by atoms with Crippen molar-refractivity contribution in [2.45, 2.75) is 12.3 Å². The number of aromatic amines is 1. The fourth-order valence-corrected chi connectivity index (χ4v) is 2.63. The summed E-state index contributed by atoms with van der Waals surface area (Å²) in [5.74, 6) is 0.636. The Kier molecular flexibility index (Phi) is 2.19. The van der Waals surface area contributed by atoms with Gasteiger partial charge in [-0.3, -0.25) is 0 Å². The number of hydrogen-bond acceptors (Lipinski definition) is 1. The van der Waals surface area contributed by atoms with E-state index in [0.29, 0.717) is 5.92 Å². The maximum absolute atomic E-state index is 6.13. The first kappa shape index (κ1) is 9.25. The van der Waals surface area contributed by atoms with E-state index in [9.17, 15) is 0 Å². The number of benzene rings is 1. The lowest BCUT2D eigenvalue weighted by atomic mass is 9.98. The second kappa shape index (κ2) is 3.54. The number of fused-ring (bicyclic) bond motifs is 1. The molecule has 0 amide bonds. The zero-order chi connectivity index (χ0) is 10.3. The summed E-state index contributed by atoms with van der Waals surface area (Å²) in [6.07, 6.45) is 3.33. The molecule has 0 bridgehead atoms. The molecule has 2 N–H and O–H groups in total.